The lowest BCUT2D eigenvalue weighted by Crippen LogP contribution is -2.44. The Morgan fingerprint density at radius 2 is 1.76 bits per heavy atom. The third-order valence-corrected chi connectivity index (χ3v) is 8.12. The molecule has 0 aromatic carbocycles. The largest absolute Gasteiger partial charge is 0.444 e. The molecule has 0 spiro atoms. The SMILES string of the molecule is C=CC(CCNC(=O)OC(C)(C)C)O[Si](C)(C)C(C)(C)C. The lowest BCUT2D eigenvalue weighted by molar-refractivity contribution is 0.0522. The van der Waals surface area contributed by atoms with Crippen LogP contribution in [-0.4, -0.2) is 32.7 Å². The van der Waals surface area contributed by atoms with Crippen LogP contribution in [0.2, 0.25) is 18.1 Å². The van der Waals surface area contributed by atoms with E-state index >= 15 is 0 Å². The summed E-state index contributed by atoms with van der Waals surface area (Å²) in [5, 5.41) is 2.91. The zero-order chi connectivity index (χ0) is 16.9. The minimum atomic E-state index is -1.82. The second kappa shape index (κ2) is 7.45. The van der Waals surface area contributed by atoms with Crippen molar-refractivity contribution in [3.05, 3.63) is 12.7 Å². The number of carbonyl (C=O) groups excluding carboxylic acids is 1. The van der Waals surface area contributed by atoms with E-state index in [1.807, 2.05) is 26.8 Å². The van der Waals surface area contributed by atoms with Gasteiger partial charge in [-0.3, -0.25) is 0 Å². The van der Waals surface area contributed by atoms with Crippen molar-refractivity contribution in [3.63, 3.8) is 0 Å². The molecular weight excluding hydrogens is 282 g/mol. The highest BCUT2D eigenvalue weighted by atomic mass is 28.4. The minimum absolute atomic E-state index is 0.0409. The van der Waals surface area contributed by atoms with Crippen LogP contribution in [0.25, 0.3) is 0 Å². The zero-order valence-electron chi connectivity index (χ0n) is 15.0. The zero-order valence-corrected chi connectivity index (χ0v) is 16.0. The van der Waals surface area contributed by atoms with Crippen LogP contribution in [0.1, 0.15) is 48.0 Å². The second-order valence-electron chi connectivity index (χ2n) is 7.87. The van der Waals surface area contributed by atoms with E-state index in [9.17, 15) is 4.79 Å². The van der Waals surface area contributed by atoms with Crippen LogP contribution in [0, 0.1) is 0 Å². The molecule has 21 heavy (non-hydrogen) atoms. The maximum atomic E-state index is 11.6. The average Bonchev–Trinajstić information content (AvgIpc) is 2.23. The van der Waals surface area contributed by atoms with Crippen LogP contribution >= 0.6 is 0 Å². The molecule has 5 heteroatoms. The topological polar surface area (TPSA) is 47.6 Å². The van der Waals surface area contributed by atoms with Crippen molar-refractivity contribution in [1.29, 1.82) is 0 Å². The molecule has 1 amide bonds. The predicted octanol–water partition coefficient (Wildman–Crippen LogP) is 4.48. The van der Waals surface area contributed by atoms with Crippen molar-refractivity contribution < 1.29 is 14.0 Å². The fourth-order valence-electron chi connectivity index (χ4n) is 1.41. The summed E-state index contributed by atoms with van der Waals surface area (Å²) in [6, 6.07) is 0. The number of hydrogen-bond acceptors (Lipinski definition) is 3. The summed E-state index contributed by atoms with van der Waals surface area (Å²) in [5.41, 5.74) is -0.473. The van der Waals surface area contributed by atoms with Crippen molar-refractivity contribution in [1.82, 2.24) is 5.32 Å². The first kappa shape index (κ1) is 20.2. The Hall–Kier alpha value is -0.813. The number of ether oxygens (including phenoxy) is 1. The summed E-state index contributed by atoms with van der Waals surface area (Å²) in [4.78, 5) is 11.6. The number of amides is 1. The molecule has 0 heterocycles. The van der Waals surface area contributed by atoms with E-state index < -0.39 is 20.0 Å². The third-order valence-electron chi connectivity index (χ3n) is 3.61. The van der Waals surface area contributed by atoms with Crippen LogP contribution in [0.4, 0.5) is 4.79 Å². The summed E-state index contributed by atoms with van der Waals surface area (Å²) in [7, 11) is -1.82. The lowest BCUT2D eigenvalue weighted by atomic mass is 10.2. The first-order chi connectivity index (χ1) is 9.28. The predicted molar refractivity (Wildman–Crippen MR) is 91.1 cm³/mol. The van der Waals surface area contributed by atoms with Crippen LogP contribution in [0.3, 0.4) is 0 Å². The summed E-state index contributed by atoms with van der Waals surface area (Å²) in [5.74, 6) is 0. The summed E-state index contributed by atoms with van der Waals surface area (Å²) in [6.45, 7) is 20.9. The molecule has 0 aromatic rings. The number of hydrogen-bond donors (Lipinski definition) is 1. The fraction of sp³-hybridized carbons (Fsp3) is 0.812. The van der Waals surface area contributed by atoms with Gasteiger partial charge in [-0.2, -0.15) is 0 Å². The number of alkyl carbamates (subject to hydrolysis) is 1. The van der Waals surface area contributed by atoms with E-state index in [2.05, 4.69) is 45.8 Å². The van der Waals surface area contributed by atoms with Gasteiger partial charge in [0.05, 0.1) is 6.10 Å². The molecule has 0 radical (unpaired) electrons. The molecule has 0 saturated carbocycles. The molecule has 0 aliphatic heterocycles. The van der Waals surface area contributed by atoms with Crippen LogP contribution in [-0.2, 0) is 9.16 Å². The monoisotopic (exact) mass is 315 g/mol. The highest BCUT2D eigenvalue weighted by molar-refractivity contribution is 6.74. The lowest BCUT2D eigenvalue weighted by Gasteiger charge is -2.38. The molecule has 0 bridgehead atoms. The van der Waals surface area contributed by atoms with E-state index in [1.165, 1.54) is 0 Å². The molecule has 0 rings (SSSR count). The Morgan fingerprint density at radius 1 is 1.24 bits per heavy atom. The first-order valence-corrected chi connectivity index (χ1v) is 10.5. The van der Waals surface area contributed by atoms with Gasteiger partial charge in [-0.05, 0) is 45.3 Å². The minimum Gasteiger partial charge on any atom is -0.444 e. The van der Waals surface area contributed by atoms with E-state index in [0.29, 0.717) is 13.0 Å². The highest BCUT2D eigenvalue weighted by Gasteiger charge is 2.38. The first-order valence-electron chi connectivity index (χ1n) is 7.56. The molecule has 4 nitrogen and oxygen atoms in total. The van der Waals surface area contributed by atoms with Gasteiger partial charge in [0.25, 0.3) is 0 Å². The Morgan fingerprint density at radius 3 is 2.14 bits per heavy atom. The molecule has 0 saturated heterocycles. The summed E-state index contributed by atoms with van der Waals surface area (Å²) < 4.78 is 11.5. The molecule has 1 atom stereocenters. The molecule has 1 N–H and O–H groups in total. The van der Waals surface area contributed by atoms with E-state index in [4.69, 9.17) is 9.16 Å². The van der Waals surface area contributed by atoms with Crippen molar-refractivity contribution in [2.75, 3.05) is 6.54 Å². The summed E-state index contributed by atoms with van der Waals surface area (Å²) >= 11 is 0. The Kier molecular flexibility index (Phi) is 7.16. The fourth-order valence-corrected chi connectivity index (χ4v) is 2.74. The van der Waals surface area contributed by atoms with Gasteiger partial charge in [0, 0.05) is 6.54 Å². The second-order valence-corrected chi connectivity index (χ2v) is 12.6. The number of carbonyl (C=O) groups is 1. The molecule has 0 aliphatic rings. The molecule has 1 unspecified atom stereocenters. The Balaban J connectivity index is 4.30. The highest BCUT2D eigenvalue weighted by Crippen LogP contribution is 2.37. The maximum absolute atomic E-state index is 11.6. The summed E-state index contributed by atoms with van der Waals surface area (Å²) in [6.07, 6.45) is 2.09. The van der Waals surface area contributed by atoms with Crippen molar-refractivity contribution in [2.45, 2.75) is 77.8 Å². The molecule has 124 valence electrons. The average molecular weight is 316 g/mol. The smallest absolute Gasteiger partial charge is 0.407 e. The molecule has 0 aromatic heterocycles. The Labute approximate surface area is 131 Å². The molecular formula is C16H33NO3Si. The van der Waals surface area contributed by atoms with Gasteiger partial charge >= 0.3 is 6.09 Å². The van der Waals surface area contributed by atoms with Gasteiger partial charge in [-0.1, -0.05) is 26.8 Å². The van der Waals surface area contributed by atoms with E-state index in [1.54, 1.807) is 0 Å². The van der Waals surface area contributed by atoms with Crippen molar-refractivity contribution in [3.8, 4) is 0 Å². The molecule has 0 aliphatic carbocycles. The van der Waals surface area contributed by atoms with Gasteiger partial charge in [-0.15, -0.1) is 6.58 Å². The van der Waals surface area contributed by atoms with Gasteiger partial charge in [0.2, 0.25) is 0 Å². The van der Waals surface area contributed by atoms with Crippen molar-refractivity contribution in [2.24, 2.45) is 0 Å². The normalized spacial score (nSPS) is 14.5. The van der Waals surface area contributed by atoms with Crippen LogP contribution < -0.4 is 5.32 Å². The van der Waals surface area contributed by atoms with Crippen LogP contribution in [0.15, 0.2) is 12.7 Å². The number of nitrogens with one attached hydrogen (secondary N) is 1. The quantitative estimate of drug-likeness (QED) is 0.581. The standard InChI is InChI=1S/C16H33NO3Si/c1-10-13(20-21(8,9)16(5,6)7)11-12-17-14(18)19-15(2,3)4/h10,13H,1,11-12H2,2-9H3,(H,17,18). The Bertz CT molecular complexity index is 354. The van der Waals surface area contributed by atoms with Crippen molar-refractivity contribution >= 4 is 14.4 Å². The third kappa shape index (κ3) is 8.26. The van der Waals surface area contributed by atoms with E-state index in [0.717, 1.165) is 0 Å². The number of rotatable bonds is 6. The van der Waals surface area contributed by atoms with Gasteiger partial charge in [0.15, 0.2) is 8.32 Å². The van der Waals surface area contributed by atoms with Crippen LogP contribution in [0.5, 0.6) is 0 Å². The van der Waals surface area contributed by atoms with Gasteiger partial charge in [0.1, 0.15) is 5.60 Å². The maximum Gasteiger partial charge on any atom is 0.407 e. The van der Waals surface area contributed by atoms with Gasteiger partial charge in [-0.25, -0.2) is 4.79 Å². The molecule has 0 fully saturated rings. The van der Waals surface area contributed by atoms with E-state index in [-0.39, 0.29) is 11.1 Å². The van der Waals surface area contributed by atoms with Gasteiger partial charge < -0.3 is 14.5 Å².